The number of nitrogens with one attached hydrogen (secondary N) is 2. The molecular weight excluding hydrogens is 490 g/mol. The van der Waals surface area contributed by atoms with Gasteiger partial charge in [-0.05, 0) is 24.6 Å². The van der Waals surface area contributed by atoms with E-state index in [4.69, 9.17) is 32.7 Å². The maximum Gasteiger partial charge on any atom is 0.191 e. The molecule has 0 unspecified atom stereocenters. The van der Waals surface area contributed by atoms with Crippen LogP contribution in [0.15, 0.2) is 23.2 Å². The highest BCUT2D eigenvalue weighted by Crippen LogP contribution is 2.27. The van der Waals surface area contributed by atoms with E-state index < -0.39 is 0 Å². The number of hydrogen-bond acceptors (Lipinski definition) is 4. The summed E-state index contributed by atoms with van der Waals surface area (Å²) in [6, 6.07) is 5.22. The van der Waals surface area contributed by atoms with Gasteiger partial charge in [0.15, 0.2) is 5.96 Å². The summed E-state index contributed by atoms with van der Waals surface area (Å²) < 4.78 is 11.0. The summed E-state index contributed by atoms with van der Waals surface area (Å²) in [5.74, 6) is 1.46. The first-order chi connectivity index (χ1) is 12.2. The number of hydrogen-bond donors (Lipinski definition) is 2. The first kappa shape index (κ1) is 23.6. The van der Waals surface area contributed by atoms with Crippen LogP contribution >= 0.6 is 47.2 Å². The van der Waals surface area contributed by atoms with Gasteiger partial charge in [-0.3, -0.25) is 9.89 Å². The number of rotatable bonds is 8. The molecule has 6 nitrogen and oxygen atoms in total. The first-order valence-corrected chi connectivity index (χ1v) is 9.27. The highest BCUT2D eigenvalue weighted by atomic mass is 127. The lowest BCUT2D eigenvalue weighted by Gasteiger charge is -2.26. The van der Waals surface area contributed by atoms with Crippen LogP contribution in [0.1, 0.15) is 6.42 Å². The molecule has 0 atom stereocenters. The summed E-state index contributed by atoms with van der Waals surface area (Å²) in [5, 5.41) is 7.73. The lowest BCUT2D eigenvalue weighted by atomic mass is 10.3. The van der Waals surface area contributed by atoms with Gasteiger partial charge in [0, 0.05) is 44.8 Å². The topological polar surface area (TPSA) is 58.1 Å². The predicted octanol–water partition coefficient (Wildman–Crippen LogP) is 2.88. The molecular formula is C17H27Cl2IN4O2. The molecule has 9 heteroatoms. The van der Waals surface area contributed by atoms with Gasteiger partial charge >= 0.3 is 0 Å². The third-order valence-electron chi connectivity index (χ3n) is 3.81. The molecule has 1 aromatic rings. The number of aliphatic imine (C=N–C) groups is 1. The summed E-state index contributed by atoms with van der Waals surface area (Å²) in [4.78, 5) is 6.61. The van der Waals surface area contributed by atoms with Gasteiger partial charge in [-0.2, -0.15) is 0 Å². The van der Waals surface area contributed by atoms with Gasteiger partial charge in [0.25, 0.3) is 0 Å². The molecule has 26 heavy (non-hydrogen) atoms. The lowest BCUT2D eigenvalue weighted by molar-refractivity contribution is 0.0389. The largest absolute Gasteiger partial charge is 0.492 e. The van der Waals surface area contributed by atoms with Gasteiger partial charge < -0.3 is 20.1 Å². The van der Waals surface area contributed by atoms with E-state index in [1.807, 2.05) is 0 Å². The van der Waals surface area contributed by atoms with Crippen molar-refractivity contribution in [1.29, 1.82) is 0 Å². The molecule has 1 aliphatic heterocycles. The molecule has 1 fully saturated rings. The fourth-order valence-electron chi connectivity index (χ4n) is 2.43. The van der Waals surface area contributed by atoms with E-state index in [2.05, 4.69) is 20.5 Å². The van der Waals surface area contributed by atoms with Crippen molar-refractivity contribution in [3.8, 4) is 5.75 Å². The minimum absolute atomic E-state index is 0. The molecule has 2 rings (SSSR count). The van der Waals surface area contributed by atoms with Crippen molar-refractivity contribution in [2.24, 2.45) is 4.99 Å². The van der Waals surface area contributed by atoms with Gasteiger partial charge in [-0.25, -0.2) is 0 Å². The fourth-order valence-corrected chi connectivity index (χ4v) is 2.89. The van der Waals surface area contributed by atoms with Crippen molar-refractivity contribution < 1.29 is 9.47 Å². The Hall–Kier alpha value is -0.480. The monoisotopic (exact) mass is 516 g/mol. The van der Waals surface area contributed by atoms with Gasteiger partial charge in [0.2, 0.25) is 0 Å². The molecule has 0 radical (unpaired) electrons. The third-order valence-corrected chi connectivity index (χ3v) is 4.34. The van der Waals surface area contributed by atoms with Crippen LogP contribution in [-0.2, 0) is 4.74 Å². The molecule has 1 aromatic carbocycles. The van der Waals surface area contributed by atoms with Gasteiger partial charge in [0.05, 0.1) is 24.8 Å². The summed E-state index contributed by atoms with van der Waals surface area (Å²) in [6.07, 6.45) is 0.836. The van der Waals surface area contributed by atoms with Crippen LogP contribution in [0.5, 0.6) is 5.75 Å². The lowest BCUT2D eigenvalue weighted by Crippen LogP contribution is -2.44. The minimum Gasteiger partial charge on any atom is -0.492 e. The van der Waals surface area contributed by atoms with E-state index in [1.54, 1.807) is 25.2 Å². The zero-order chi connectivity index (χ0) is 17.9. The zero-order valence-corrected chi connectivity index (χ0v) is 18.8. The number of halogens is 3. The number of ether oxygens (including phenoxy) is 2. The Morgan fingerprint density at radius 2 is 1.96 bits per heavy atom. The first-order valence-electron chi connectivity index (χ1n) is 8.51. The van der Waals surface area contributed by atoms with E-state index in [0.717, 1.165) is 58.3 Å². The molecule has 148 valence electrons. The third kappa shape index (κ3) is 8.94. The summed E-state index contributed by atoms with van der Waals surface area (Å²) in [5.41, 5.74) is 0. The maximum absolute atomic E-state index is 6.07. The smallest absolute Gasteiger partial charge is 0.191 e. The Morgan fingerprint density at radius 1 is 1.23 bits per heavy atom. The van der Waals surface area contributed by atoms with Crippen LogP contribution in [0.25, 0.3) is 0 Å². The molecule has 0 bridgehead atoms. The van der Waals surface area contributed by atoms with Crippen molar-refractivity contribution >= 4 is 53.1 Å². The van der Waals surface area contributed by atoms with Crippen LogP contribution in [0.4, 0.5) is 0 Å². The molecule has 1 heterocycles. The van der Waals surface area contributed by atoms with Gasteiger partial charge in [-0.15, -0.1) is 24.0 Å². The van der Waals surface area contributed by atoms with Gasteiger partial charge in [0.1, 0.15) is 5.75 Å². The van der Waals surface area contributed by atoms with Crippen molar-refractivity contribution in [1.82, 2.24) is 15.5 Å². The van der Waals surface area contributed by atoms with Crippen LogP contribution in [0.3, 0.4) is 0 Å². The summed E-state index contributed by atoms with van der Waals surface area (Å²) in [6.45, 7) is 6.83. The Bertz CT molecular complexity index is 558. The Morgan fingerprint density at radius 3 is 2.65 bits per heavy atom. The van der Waals surface area contributed by atoms with E-state index >= 15 is 0 Å². The van der Waals surface area contributed by atoms with Crippen LogP contribution in [-0.4, -0.2) is 70.5 Å². The van der Waals surface area contributed by atoms with Crippen LogP contribution in [0.2, 0.25) is 10.0 Å². The number of benzene rings is 1. The standard InChI is InChI=1S/C17H26Cl2N4O2.HI/c1-20-17(22-6-7-23-8-11-24-12-9-23)21-5-2-10-25-16-4-3-14(18)13-15(16)19;/h3-4,13H,2,5-12H2,1H3,(H2,20,21,22);1H. The Balaban J connectivity index is 0.00000338. The Labute approximate surface area is 182 Å². The van der Waals surface area contributed by atoms with Crippen molar-refractivity contribution in [3.05, 3.63) is 28.2 Å². The summed E-state index contributed by atoms with van der Waals surface area (Å²) in [7, 11) is 1.77. The molecule has 0 aliphatic carbocycles. The van der Waals surface area contributed by atoms with Crippen molar-refractivity contribution in [2.75, 3.05) is 59.6 Å². The minimum atomic E-state index is 0. The SMILES string of the molecule is CN=C(NCCCOc1ccc(Cl)cc1Cl)NCCN1CCOCC1.I. The average molecular weight is 517 g/mol. The molecule has 0 amide bonds. The fraction of sp³-hybridized carbons (Fsp3) is 0.588. The van der Waals surface area contributed by atoms with E-state index in [9.17, 15) is 0 Å². The number of morpholine rings is 1. The highest BCUT2D eigenvalue weighted by Gasteiger charge is 2.09. The Kier molecular flexibility index (Phi) is 12.4. The molecule has 1 saturated heterocycles. The zero-order valence-electron chi connectivity index (χ0n) is 15.0. The van der Waals surface area contributed by atoms with Crippen LogP contribution in [0, 0.1) is 0 Å². The molecule has 2 N–H and O–H groups in total. The van der Waals surface area contributed by atoms with E-state index in [-0.39, 0.29) is 24.0 Å². The summed E-state index contributed by atoms with van der Waals surface area (Å²) >= 11 is 11.9. The van der Waals surface area contributed by atoms with E-state index in [1.165, 1.54) is 0 Å². The predicted molar refractivity (Wildman–Crippen MR) is 119 cm³/mol. The molecule has 0 spiro atoms. The second-order valence-electron chi connectivity index (χ2n) is 5.66. The number of guanidine groups is 1. The quantitative estimate of drug-likeness (QED) is 0.241. The number of nitrogens with zero attached hydrogens (tertiary/aromatic N) is 2. The van der Waals surface area contributed by atoms with Crippen molar-refractivity contribution in [2.45, 2.75) is 6.42 Å². The molecule has 1 aliphatic rings. The van der Waals surface area contributed by atoms with Crippen molar-refractivity contribution in [3.63, 3.8) is 0 Å². The second kappa shape index (κ2) is 13.7. The van der Waals surface area contributed by atoms with Crippen LogP contribution < -0.4 is 15.4 Å². The molecule has 0 aromatic heterocycles. The normalized spacial score (nSPS) is 15.3. The van der Waals surface area contributed by atoms with Gasteiger partial charge in [-0.1, -0.05) is 23.2 Å². The van der Waals surface area contributed by atoms with E-state index in [0.29, 0.717) is 22.4 Å². The maximum atomic E-state index is 6.07. The average Bonchev–Trinajstić information content (AvgIpc) is 2.62. The highest BCUT2D eigenvalue weighted by molar-refractivity contribution is 14.0. The molecule has 0 saturated carbocycles. The second-order valence-corrected chi connectivity index (χ2v) is 6.50.